The molecule has 3 rings (SSSR count). The van der Waals surface area contributed by atoms with E-state index in [0.29, 0.717) is 18.8 Å². The molecular formula is C22H34N4O2. The van der Waals surface area contributed by atoms with Crippen molar-refractivity contribution in [1.29, 1.82) is 0 Å². The first kappa shape index (κ1) is 20.8. The second-order valence-corrected chi connectivity index (χ2v) is 8.09. The maximum atomic E-state index is 11.9. The standard InChI is InChI=1S/C22H34N4O2/c23-13-3-1-2-4-14-26-15-11-18(12-16-26)17-5-7-19(8-6-17)24-20-9-10-21(27)25-22(20)28/h5-8,18,20,24H,1-4,9-16,23H2,(H,25,27,28). The van der Waals surface area contributed by atoms with Gasteiger partial charge in [-0.3, -0.25) is 14.9 Å². The molecule has 154 valence electrons. The molecule has 6 heteroatoms. The minimum Gasteiger partial charge on any atom is -0.374 e. The Morgan fingerprint density at radius 3 is 2.39 bits per heavy atom. The minimum absolute atomic E-state index is 0.180. The first-order valence-corrected chi connectivity index (χ1v) is 10.8. The summed E-state index contributed by atoms with van der Waals surface area (Å²) in [6, 6.07) is 8.16. The maximum Gasteiger partial charge on any atom is 0.249 e. The van der Waals surface area contributed by atoms with E-state index in [1.165, 1.54) is 57.3 Å². The molecule has 4 N–H and O–H groups in total. The third-order valence-corrected chi connectivity index (χ3v) is 5.98. The molecule has 0 radical (unpaired) electrons. The van der Waals surface area contributed by atoms with E-state index in [0.717, 1.165) is 18.7 Å². The highest BCUT2D eigenvalue weighted by molar-refractivity contribution is 6.01. The summed E-state index contributed by atoms with van der Waals surface area (Å²) in [6.45, 7) is 4.38. The first-order valence-electron chi connectivity index (χ1n) is 10.8. The van der Waals surface area contributed by atoms with E-state index < -0.39 is 0 Å². The van der Waals surface area contributed by atoms with Crippen LogP contribution in [-0.4, -0.2) is 48.9 Å². The van der Waals surface area contributed by atoms with Gasteiger partial charge in [-0.2, -0.15) is 0 Å². The Bertz CT molecular complexity index is 638. The average Bonchev–Trinajstić information content (AvgIpc) is 2.71. The van der Waals surface area contributed by atoms with Crippen LogP contribution < -0.4 is 16.4 Å². The summed E-state index contributed by atoms with van der Waals surface area (Å²) < 4.78 is 0. The number of hydrogen-bond donors (Lipinski definition) is 3. The fourth-order valence-electron chi connectivity index (χ4n) is 4.21. The summed E-state index contributed by atoms with van der Waals surface area (Å²) in [5.74, 6) is 0.217. The van der Waals surface area contributed by atoms with Crippen LogP contribution in [0.15, 0.2) is 24.3 Å². The third-order valence-electron chi connectivity index (χ3n) is 5.98. The zero-order valence-corrected chi connectivity index (χ0v) is 16.8. The zero-order chi connectivity index (χ0) is 19.8. The molecule has 0 aromatic heterocycles. The molecule has 2 aliphatic heterocycles. The number of unbranched alkanes of at least 4 members (excludes halogenated alkanes) is 3. The molecule has 0 saturated carbocycles. The van der Waals surface area contributed by atoms with Gasteiger partial charge in [0.15, 0.2) is 0 Å². The number of nitrogens with one attached hydrogen (secondary N) is 2. The van der Waals surface area contributed by atoms with E-state index in [1.807, 2.05) is 0 Å². The van der Waals surface area contributed by atoms with Crippen LogP contribution in [0, 0.1) is 0 Å². The molecular weight excluding hydrogens is 352 g/mol. The van der Waals surface area contributed by atoms with Gasteiger partial charge in [-0.25, -0.2) is 0 Å². The molecule has 2 aliphatic rings. The smallest absolute Gasteiger partial charge is 0.249 e. The van der Waals surface area contributed by atoms with Gasteiger partial charge >= 0.3 is 0 Å². The number of hydrogen-bond acceptors (Lipinski definition) is 5. The molecule has 0 spiro atoms. The predicted molar refractivity (Wildman–Crippen MR) is 112 cm³/mol. The van der Waals surface area contributed by atoms with Crippen molar-refractivity contribution in [3.8, 4) is 0 Å². The summed E-state index contributed by atoms with van der Waals surface area (Å²) >= 11 is 0. The molecule has 28 heavy (non-hydrogen) atoms. The highest BCUT2D eigenvalue weighted by atomic mass is 16.2. The van der Waals surface area contributed by atoms with Gasteiger partial charge in [-0.05, 0) is 81.9 Å². The number of benzene rings is 1. The van der Waals surface area contributed by atoms with Crippen LogP contribution in [0.2, 0.25) is 0 Å². The number of carbonyl (C=O) groups excluding carboxylic acids is 2. The average molecular weight is 387 g/mol. The molecule has 1 aromatic carbocycles. The summed E-state index contributed by atoms with van der Waals surface area (Å²) in [4.78, 5) is 25.7. The predicted octanol–water partition coefficient (Wildman–Crippen LogP) is 2.60. The van der Waals surface area contributed by atoms with Crippen LogP contribution in [-0.2, 0) is 9.59 Å². The Kier molecular flexibility index (Phi) is 7.86. The quantitative estimate of drug-likeness (QED) is 0.449. The molecule has 0 aliphatic carbocycles. The fourth-order valence-corrected chi connectivity index (χ4v) is 4.21. The Hall–Kier alpha value is -1.92. The van der Waals surface area contributed by atoms with Gasteiger partial charge in [0, 0.05) is 12.1 Å². The topological polar surface area (TPSA) is 87.5 Å². The molecule has 2 amide bonds. The first-order chi connectivity index (χ1) is 13.7. The van der Waals surface area contributed by atoms with Crippen molar-refractivity contribution in [3.05, 3.63) is 29.8 Å². The minimum atomic E-state index is -0.323. The van der Waals surface area contributed by atoms with Crippen molar-refractivity contribution in [2.45, 2.75) is 63.3 Å². The van der Waals surface area contributed by atoms with Gasteiger partial charge in [-0.15, -0.1) is 0 Å². The second-order valence-electron chi connectivity index (χ2n) is 8.09. The number of likely N-dealkylation sites (tertiary alicyclic amines) is 1. The lowest BCUT2D eigenvalue weighted by atomic mass is 9.89. The lowest BCUT2D eigenvalue weighted by Gasteiger charge is -2.32. The van der Waals surface area contributed by atoms with Crippen LogP contribution in [0.3, 0.4) is 0 Å². The zero-order valence-electron chi connectivity index (χ0n) is 16.8. The molecule has 2 heterocycles. The van der Waals surface area contributed by atoms with Crippen molar-refractivity contribution >= 4 is 17.5 Å². The van der Waals surface area contributed by atoms with Crippen molar-refractivity contribution in [1.82, 2.24) is 10.2 Å². The van der Waals surface area contributed by atoms with Crippen LogP contribution in [0.1, 0.15) is 62.8 Å². The highest BCUT2D eigenvalue weighted by Gasteiger charge is 2.26. The molecule has 2 fully saturated rings. The summed E-state index contributed by atoms with van der Waals surface area (Å²) in [5, 5.41) is 5.64. The number of rotatable bonds is 9. The molecule has 1 aromatic rings. The second kappa shape index (κ2) is 10.6. The third kappa shape index (κ3) is 6.04. The normalized spacial score (nSPS) is 21.5. The van der Waals surface area contributed by atoms with Crippen LogP contribution in [0.5, 0.6) is 0 Å². The van der Waals surface area contributed by atoms with E-state index >= 15 is 0 Å². The Morgan fingerprint density at radius 1 is 1.00 bits per heavy atom. The molecule has 2 saturated heterocycles. The number of amides is 2. The number of nitrogens with two attached hydrogens (primary N) is 1. The highest BCUT2D eigenvalue weighted by Crippen LogP contribution is 2.29. The van der Waals surface area contributed by atoms with Gasteiger partial charge < -0.3 is 16.0 Å². The van der Waals surface area contributed by atoms with Gasteiger partial charge in [0.25, 0.3) is 0 Å². The molecule has 1 unspecified atom stereocenters. The summed E-state index contributed by atoms with van der Waals surface area (Å²) in [6.07, 6.45) is 8.35. The van der Waals surface area contributed by atoms with E-state index in [4.69, 9.17) is 5.73 Å². The number of piperidine rings is 2. The van der Waals surface area contributed by atoms with E-state index in [9.17, 15) is 9.59 Å². The summed E-state index contributed by atoms with van der Waals surface area (Å²) in [7, 11) is 0. The summed E-state index contributed by atoms with van der Waals surface area (Å²) in [5.41, 5.74) is 7.87. The Balaban J connectivity index is 1.41. The Morgan fingerprint density at radius 2 is 1.71 bits per heavy atom. The molecule has 6 nitrogen and oxygen atoms in total. The van der Waals surface area contributed by atoms with Crippen LogP contribution >= 0.6 is 0 Å². The lowest BCUT2D eigenvalue weighted by Crippen LogP contribution is -2.47. The number of imide groups is 1. The van der Waals surface area contributed by atoms with Crippen molar-refractivity contribution in [3.63, 3.8) is 0 Å². The number of carbonyl (C=O) groups is 2. The van der Waals surface area contributed by atoms with Crippen molar-refractivity contribution in [2.75, 3.05) is 31.5 Å². The maximum absolute atomic E-state index is 11.9. The van der Waals surface area contributed by atoms with Gasteiger partial charge in [0.05, 0.1) is 0 Å². The van der Waals surface area contributed by atoms with Gasteiger partial charge in [0.2, 0.25) is 11.8 Å². The molecule has 0 bridgehead atoms. The van der Waals surface area contributed by atoms with E-state index in [-0.39, 0.29) is 17.9 Å². The SMILES string of the molecule is NCCCCCCN1CCC(c2ccc(NC3CCC(=O)NC3=O)cc2)CC1. The largest absolute Gasteiger partial charge is 0.374 e. The van der Waals surface area contributed by atoms with Gasteiger partial charge in [0.1, 0.15) is 6.04 Å². The number of anilines is 1. The number of nitrogens with zero attached hydrogens (tertiary/aromatic N) is 1. The molecule has 1 atom stereocenters. The van der Waals surface area contributed by atoms with Crippen LogP contribution in [0.25, 0.3) is 0 Å². The fraction of sp³-hybridized carbons (Fsp3) is 0.636. The lowest BCUT2D eigenvalue weighted by molar-refractivity contribution is -0.133. The van der Waals surface area contributed by atoms with Gasteiger partial charge in [-0.1, -0.05) is 25.0 Å². The van der Waals surface area contributed by atoms with Crippen LogP contribution in [0.4, 0.5) is 5.69 Å². The van der Waals surface area contributed by atoms with E-state index in [1.54, 1.807) is 0 Å². The Labute approximate surface area is 168 Å². The monoisotopic (exact) mass is 386 g/mol. The van der Waals surface area contributed by atoms with Crippen molar-refractivity contribution in [2.24, 2.45) is 5.73 Å². The van der Waals surface area contributed by atoms with E-state index in [2.05, 4.69) is 39.8 Å². The van der Waals surface area contributed by atoms with Crippen molar-refractivity contribution < 1.29 is 9.59 Å².